The zero-order valence-electron chi connectivity index (χ0n) is 11.2. The fourth-order valence-electron chi connectivity index (χ4n) is 2.13. The summed E-state index contributed by atoms with van der Waals surface area (Å²) >= 11 is 0. The molecule has 0 spiro atoms. The molecule has 0 atom stereocenters. The number of nitrogens with two attached hydrogens (primary N) is 1. The number of fused-ring (bicyclic) bond motifs is 1. The van der Waals surface area contributed by atoms with E-state index in [9.17, 15) is 4.79 Å². The quantitative estimate of drug-likeness (QED) is 0.715. The Morgan fingerprint density at radius 1 is 1.25 bits per heavy atom. The Balaban J connectivity index is 2.17. The van der Waals surface area contributed by atoms with Gasteiger partial charge < -0.3 is 5.73 Å². The van der Waals surface area contributed by atoms with E-state index >= 15 is 0 Å². The van der Waals surface area contributed by atoms with Crippen LogP contribution in [0.4, 0.5) is 5.95 Å². The second-order valence-corrected chi connectivity index (χ2v) is 4.57. The van der Waals surface area contributed by atoms with Crippen molar-refractivity contribution >= 4 is 22.8 Å². The highest BCUT2D eigenvalue weighted by molar-refractivity contribution is 5.95. The summed E-state index contributed by atoms with van der Waals surface area (Å²) in [4.78, 5) is 19.5. The number of hydrogen-bond donors (Lipinski definition) is 1. The van der Waals surface area contributed by atoms with Crippen LogP contribution in [0, 0.1) is 0 Å². The second-order valence-electron chi connectivity index (χ2n) is 4.57. The van der Waals surface area contributed by atoms with Crippen molar-refractivity contribution in [3.8, 4) is 11.3 Å². The van der Waals surface area contributed by atoms with E-state index in [0.29, 0.717) is 11.2 Å². The number of Topliss-reactive ketones (excluding diaryl/α,β-unsaturated/α-hetero) is 1. The fraction of sp³-hybridized carbons (Fsp3) is 0.143. The van der Waals surface area contributed by atoms with Crippen LogP contribution in [0.1, 0.15) is 17.3 Å². The van der Waals surface area contributed by atoms with Crippen LogP contribution in [-0.2, 0) is 7.05 Å². The molecule has 0 amide bonds. The van der Waals surface area contributed by atoms with Crippen molar-refractivity contribution in [2.24, 2.45) is 7.05 Å². The number of anilines is 1. The van der Waals surface area contributed by atoms with Gasteiger partial charge in [-0.2, -0.15) is 10.1 Å². The summed E-state index contributed by atoms with van der Waals surface area (Å²) in [5, 5.41) is 5.28. The van der Waals surface area contributed by atoms with Crippen LogP contribution in [0.25, 0.3) is 22.3 Å². The number of rotatable bonds is 2. The second kappa shape index (κ2) is 4.41. The molecule has 0 aliphatic heterocycles. The van der Waals surface area contributed by atoms with Crippen LogP contribution in [0.3, 0.4) is 0 Å². The predicted molar refractivity (Wildman–Crippen MR) is 76.2 cm³/mol. The molecule has 0 radical (unpaired) electrons. The van der Waals surface area contributed by atoms with E-state index in [2.05, 4.69) is 15.1 Å². The average molecular weight is 267 g/mol. The van der Waals surface area contributed by atoms with Crippen LogP contribution < -0.4 is 5.73 Å². The van der Waals surface area contributed by atoms with Gasteiger partial charge >= 0.3 is 0 Å². The predicted octanol–water partition coefficient (Wildman–Crippen LogP) is 1.82. The lowest BCUT2D eigenvalue weighted by molar-refractivity contribution is 0.101. The number of nitrogen functional groups attached to an aromatic ring is 1. The molecule has 0 saturated carbocycles. The summed E-state index contributed by atoms with van der Waals surface area (Å²) in [5.74, 6) is 0.262. The molecular formula is C14H13N5O. The maximum Gasteiger partial charge on any atom is 0.222 e. The molecule has 100 valence electrons. The molecule has 6 nitrogen and oxygen atoms in total. The van der Waals surface area contributed by atoms with Crippen molar-refractivity contribution in [2.45, 2.75) is 6.92 Å². The van der Waals surface area contributed by atoms with Crippen LogP contribution in [0.5, 0.6) is 0 Å². The van der Waals surface area contributed by atoms with Gasteiger partial charge in [-0.3, -0.25) is 4.79 Å². The van der Waals surface area contributed by atoms with Gasteiger partial charge in [-0.1, -0.05) is 24.3 Å². The van der Waals surface area contributed by atoms with E-state index in [-0.39, 0.29) is 11.7 Å². The molecule has 0 unspecified atom stereocenters. The minimum Gasteiger partial charge on any atom is -0.368 e. The van der Waals surface area contributed by atoms with Crippen molar-refractivity contribution in [1.29, 1.82) is 0 Å². The summed E-state index contributed by atoms with van der Waals surface area (Å²) in [6.07, 6.45) is 1.67. The van der Waals surface area contributed by atoms with E-state index < -0.39 is 0 Å². The summed E-state index contributed by atoms with van der Waals surface area (Å²) in [6, 6.07) is 7.32. The largest absolute Gasteiger partial charge is 0.368 e. The lowest BCUT2D eigenvalue weighted by Gasteiger charge is -1.99. The number of aryl methyl sites for hydroxylation is 1. The van der Waals surface area contributed by atoms with Gasteiger partial charge in [-0.25, -0.2) is 9.67 Å². The topological polar surface area (TPSA) is 86.7 Å². The number of benzene rings is 1. The Morgan fingerprint density at radius 2 is 1.95 bits per heavy atom. The van der Waals surface area contributed by atoms with Crippen molar-refractivity contribution in [3.63, 3.8) is 0 Å². The van der Waals surface area contributed by atoms with Crippen LogP contribution >= 0.6 is 0 Å². The Labute approximate surface area is 115 Å². The van der Waals surface area contributed by atoms with E-state index in [0.717, 1.165) is 16.6 Å². The highest BCUT2D eigenvalue weighted by Gasteiger charge is 2.13. The Hall–Kier alpha value is -2.76. The van der Waals surface area contributed by atoms with Gasteiger partial charge in [0.2, 0.25) is 5.95 Å². The summed E-state index contributed by atoms with van der Waals surface area (Å²) < 4.78 is 1.67. The van der Waals surface area contributed by atoms with Crippen LogP contribution in [0.15, 0.2) is 30.5 Å². The molecule has 3 aromatic rings. The van der Waals surface area contributed by atoms with Gasteiger partial charge in [0.15, 0.2) is 11.4 Å². The third-order valence-corrected chi connectivity index (χ3v) is 3.16. The summed E-state index contributed by atoms with van der Waals surface area (Å²) in [5.41, 5.74) is 8.64. The lowest BCUT2D eigenvalue weighted by atomic mass is 10.1. The summed E-state index contributed by atoms with van der Waals surface area (Å²) in [7, 11) is 1.81. The van der Waals surface area contributed by atoms with Crippen molar-refractivity contribution < 1.29 is 4.79 Å². The van der Waals surface area contributed by atoms with Gasteiger partial charge in [-0.05, 0) is 6.92 Å². The van der Waals surface area contributed by atoms with Gasteiger partial charge in [0.05, 0.1) is 5.39 Å². The van der Waals surface area contributed by atoms with Gasteiger partial charge in [0.1, 0.15) is 5.69 Å². The monoisotopic (exact) mass is 267 g/mol. The van der Waals surface area contributed by atoms with Crippen LogP contribution in [0.2, 0.25) is 0 Å². The maximum atomic E-state index is 11.3. The Kier molecular flexibility index (Phi) is 2.71. The third-order valence-electron chi connectivity index (χ3n) is 3.16. The number of carbonyl (C=O) groups is 1. The number of nitrogens with zero attached hydrogens (tertiary/aromatic N) is 4. The number of ketones is 1. The molecule has 2 heterocycles. The van der Waals surface area contributed by atoms with E-state index in [1.165, 1.54) is 0 Å². The summed E-state index contributed by atoms with van der Waals surface area (Å²) in [6.45, 7) is 1.54. The molecule has 0 bridgehead atoms. The first-order valence-electron chi connectivity index (χ1n) is 6.13. The Bertz CT molecular complexity index is 804. The first kappa shape index (κ1) is 12.3. The first-order chi connectivity index (χ1) is 9.56. The molecule has 3 rings (SSSR count). The van der Waals surface area contributed by atoms with Gasteiger partial charge in [0, 0.05) is 24.4 Å². The molecule has 0 fully saturated rings. The molecule has 0 aliphatic rings. The molecule has 2 N–H and O–H groups in total. The molecule has 20 heavy (non-hydrogen) atoms. The number of aromatic nitrogens is 4. The standard InChI is InChI=1S/C14H13N5O/c1-8(20)9-3-5-10(6-4-9)12-11-7-16-14(15)17-13(11)19(2)18-12/h3-7H,1-2H3,(H2,15,16,17). The third kappa shape index (κ3) is 1.91. The molecule has 6 heteroatoms. The molecule has 2 aromatic heterocycles. The molecule has 1 aromatic carbocycles. The smallest absolute Gasteiger partial charge is 0.222 e. The first-order valence-corrected chi connectivity index (χ1v) is 6.13. The van der Waals surface area contributed by atoms with Gasteiger partial charge in [0.25, 0.3) is 0 Å². The van der Waals surface area contributed by atoms with E-state index in [4.69, 9.17) is 5.73 Å². The maximum absolute atomic E-state index is 11.3. The minimum absolute atomic E-state index is 0.0403. The minimum atomic E-state index is 0.0403. The Morgan fingerprint density at radius 3 is 2.60 bits per heavy atom. The highest BCUT2D eigenvalue weighted by Crippen LogP contribution is 2.26. The zero-order valence-corrected chi connectivity index (χ0v) is 11.2. The van der Waals surface area contributed by atoms with Crippen molar-refractivity contribution in [2.75, 3.05) is 5.73 Å². The lowest BCUT2D eigenvalue weighted by Crippen LogP contribution is -1.97. The highest BCUT2D eigenvalue weighted by atomic mass is 16.1. The number of carbonyl (C=O) groups excluding carboxylic acids is 1. The van der Waals surface area contributed by atoms with Gasteiger partial charge in [-0.15, -0.1) is 0 Å². The van der Waals surface area contributed by atoms with E-state index in [1.54, 1.807) is 29.9 Å². The fourth-order valence-corrected chi connectivity index (χ4v) is 2.13. The normalized spacial score (nSPS) is 10.9. The zero-order chi connectivity index (χ0) is 14.3. The SMILES string of the molecule is CC(=O)c1ccc(-c2nn(C)c3nc(N)ncc23)cc1. The molecule has 0 aliphatic carbocycles. The van der Waals surface area contributed by atoms with Crippen molar-refractivity contribution in [1.82, 2.24) is 19.7 Å². The van der Waals surface area contributed by atoms with E-state index in [1.807, 2.05) is 19.2 Å². The van der Waals surface area contributed by atoms with Crippen LogP contribution in [-0.4, -0.2) is 25.5 Å². The average Bonchev–Trinajstić information content (AvgIpc) is 2.76. The van der Waals surface area contributed by atoms with Crippen molar-refractivity contribution in [3.05, 3.63) is 36.0 Å². The molecular weight excluding hydrogens is 254 g/mol. The number of hydrogen-bond acceptors (Lipinski definition) is 5. The molecule has 0 saturated heterocycles.